The third-order valence-corrected chi connectivity index (χ3v) is 5.80. The van der Waals surface area contributed by atoms with Gasteiger partial charge in [-0.25, -0.2) is 10.2 Å². The van der Waals surface area contributed by atoms with Crippen LogP contribution in [0.3, 0.4) is 0 Å². The summed E-state index contributed by atoms with van der Waals surface area (Å²) in [6.45, 7) is 3.38. The van der Waals surface area contributed by atoms with Crippen LogP contribution in [-0.4, -0.2) is 65.3 Å². The van der Waals surface area contributed by atoms with Crippen molar-refractivity contribution >= 4 is 22.7 Å². The second-order valence-corrected chi connectivity index (χ2v) is 8.28. The maximum atomic E-state index is 15.5. The third kappa shape index (κ3) is 4.82. The van der Waals surface area contributed by atoms with Crippen molar-refractivity contribution in [3.63, 3.8) is 0 Å². The number of hydrazine groups is 1. The van der Waals surface area contributed by atoms with E-state index in [0.29, 0.717) is 41.8 Å². The summed E-state index contributed by atoms with van der Waals surface area (Å²) in [5.41, 5.74) is 7.49. The number of benzene rings is 1. The van der Waals surface area contributed by atoms with Gasteiger partial charge in [-0.1, -0.05) is 6.07 Å². The Kier molecular flexibility index (Phi) is 6.84. The Morgan fingerprint density at radius 1 is 1.35 bits per heavy atom. The van der Waals surface area contributed by atoms with Gasteiger partial charge in [0.2, 0.25) is 5.91 Å². The lowest BCUT2D eigenvalue weighted by atomic mass is 9.88. The van der Waals surface area contributed by atoms with Gasteiger partial charge in [-0.05, 0) is 37.0 Å². The first-order valence-electron chi connectivity index (χ1n) is 10.4. The van der Waals surface area contributed by atoms with Crippen molar-refractivity contribution in [2.24, 2.45) is 11.6 Å². The molecule has 2 heterocycles. The topological polar surface area (TPSA) is 112 Å². The van der Waals surface area contributed by atoms with Gasteiger partial charge in [0.15, 0.2) is 5.82 Å². The van der Waals surface area contributed by atoms with E-state index in [2.05, 4.69) is 4.98 Å². The van der Waals surface area contributed by atoms with E-state index in [1.54, 1.807) is 25.1 Å². The fraction of sp³-hybridized carbons (Fsp3) is 0.455. The van der Waals surface area contributed by atoms with Crippen LogP contribution < -0.4 is 11.6 Å². The molecular formula is C22H31FN6O2. The number of nitrogens with one attached hydrogen (secondary N) is 1. The largest absolute Gasteiger partial charge is 0.403 e. The Bertz CT molecular complexity index is 1000. The molecule has 0 spiro atoms. The maximum Gasteiger partial charge on any atom is 0.269 e. The molecule has 1 aromatic heterocycles. The number of amides is 2. The first-order chi connectivity index (χ1) is 14.7. The fourth-order valence-corrected chi connectivity index (χ4v) is 4.14. The van der Waals surface area contributed by atoms with E-state index < -0.39 is 0 Å². The van der Waals surface area contributed by atoms with Gasteiger partial charge in [-0.2, -0.15) is 0 Å². The van der Waals surface area contributed by atoms with E-state index in [-0.39, 0.29) is 30.0 Å². The summed E-state index contributed by atoms with van der Waals surface area (Å²) < 4.78 is 15.5. The number of carbonyl (C=O) groups is 2. The molecule has 0 bridgehead atoms. The van der Waals surface area contributed by atoms with Crippen LogP contribution in [0.25, 0.3) is 10.9 Å². The first-order valence-corrected chi connectivity index (χ1v) is 10.4. The first kappa shape index (κ1) is 22.6. The van der Waals surface area contributed by atoms with Crippen molar-refractivity contribution in [1.82, 2.24) is 19.8 Å². The normalized spacial score (nSPS) is 16.8. The zero-order valence-corrected chi connectivity index (χ0v) is 18.3. The van der Waals surface area contributed by atoms with Gasteiger partial charge in [0.1, 0.15) is 5.69 Å². The molecule has 1 fully saturated rings. The van der Waals surface area contributed by atoms with Gasteiger partial charge >= 0.3 is 0 Å². The standard InChI is InChI=1S/C22H31FN6O2/c1-14-11-17(20(23)21-16(14)12-18(26-21)22(31)27(2)3)15-5-4-8-28(13-15)19(30)6-9-29(25)10-7-24/h7,10-12,15,26H,4-6,8-9,13,24-25H2,1-3H3/b10-7-. The van der Waals surface area contributed by atoms with Gasteiger partial charge in [0.05, 0.1) is 5.52 Å². The van der Waals surface area contributed by atoms with Gasteiger partial charge in [0, 0.05) is 63.9 Å². The highest BCUT2D eigenvalue weighted by atomic mass is 19.1. The molecule has 0 saturated carbocycles. The zero-order valence-electron chi connectivity index (χ0n) is 18.3. The van der Waals surface area contributed by atoms with Crippen LogP contribution >= 0.6 is 0 Å². The number of aromatic nitrogens is 1. The second-order valence-electron chi connectivity index (χ2n) is 8.28. The van der Waals surface area contributed by atoms with Crippen LogP contribution in [-0.2, 0) is 4.79 Å². The molecule has 5 N–H and O–H groups in total. The summed E-state index contributed by atoms with van der Waals surface area (Å²) in [6, 6.07) is 3.55. The lowest BCUT2D eigenvalue weighted by molar-refractivity contribution is -0.132. The molecule has 1 aliphatic rings. The van der Waals surface area contributed by atoms with Crippen molar-refractivity contribution < 1.29 is 14.0 Å². The van der Waals surface area contributed by atoms with Gasteiger partial charge in [-0.15, -0.1) is 0 Å². The number of hydrogen-bond acceptors (Lipinski definition) is 5. The molecule has 1 aromatic carbocycles. The van der Waals surface area contributed by atoms with Crippen LogP contribution in [0.4, 0.5) is 4.39 Å². The molecule has 1 saturated heterocycles. The van der Waals surface area contributed by atoms with Gasteiger partial charge in [0.25, 0.3) is 5.91 Å². The number of fused-ring (bicyclic) bond motifs is 1. The Hall–Kier alpha value is -3.07. The molecule has 2 aromatic rings. The zero-order chi connectivity index (χ0) is 22.7. The molecule has 2 amide bonds. The molecular weight excluding hydrogens is 399 g/mol. The highest BCUT2D eigenvalue weighted by molar-refractivity contribution is 5.99. The molecule has 8 nitrogen and oxygen atoms in total. The number of aryl methyl sites for hydroxylation is 1. The number of H-pyrrole nitrogens is 1. The molecule has 3 rings (SSSR count). The average molecular weight is 431 g/mol. The minimum atomic E-state index is -0.348. The molecule has 9 heteroatoms. The Morgan fingerprint density at radius 2 is 2.10 bits per heavy atom. The van der Waals surface area contributed by atoms with Crippen molar-refractivity contribution in [2.45, 2.75) is 32.1 Å². The van der Waals surface area contributed by atoms with Crippen molar-refractivity contribution in [3.8, 4) is 0 Å². The smallest absolute Gasteiger partial charge is 0.269 e. The average Bonchev–Trinajstić information content (AvgIpc) is 3.20. The maximum absolute atomic E-state index is 15.5. The highest BCUT2D eigenvalue weighted by Gasteiger charge is 2.28. The summed E-state index contributed by atoms with van der Waals surface area (Å²) in [5, 5.41) is 2.07. The number of likely N-dealkylation sites (tertiary alicyclic amines) is 1. The molecule has 168 valence electrons. The number of rotatable bonds is 6. The number of piperidine rings is 1. The number of nitrogens with two attached hydrogens (primary N) is 2. The van der Waals surface area contributed by atoms with Crippen molar-refractivity contribution in [3.05, 3.63) is 47.2 Å². The SMILES string of the molecule is Cc1cc(C2CCCN(C(=O)CCN(N)/C=C\N)C2)c(F)c2[nH]c(C(=O)N(C)C)cc12. The van der Waals surface area contributed by atoms with Crippen LogP contribution in [0.15, 0.2) is 24.5 Å². The molecule has 1 unspecified atom stereocenters. The van der Waals surface area contributed by atoms with Crippen LogP contribution in [0.2, 0.25) is 0 Å². The van der Waals surface area contributed by atoms with E-state index >= 15 is 4.39 Å². The lowest BCUT2D eigenvalue weighted by Gasteiger charge is -2.33. The number of aromatic amines is 1. The lowest BCUT2D eigenvalue weighted by Crippen LogP contribution is -2.41. The number of nitrogens with zero attached hydrogens (tertiary/aromatic N) is 3. The van der Waals surface area contributed by atoms with E-state index in [0.717, 1.165) is 18.4 Å². The Morgan fingerprint density at radius 3 is 2.77 bits per heavy atom. The predicted molar refractivity (Wildman–Crippen MR) is 118 cm³/mol. The van der Waals surface area contributed by atoms with E-state index in [4.69, 9.17) is 11.6 Å². The van der Waals surface area contributed by atoms with Gasteiger partial charge < -0.3 is 25.5 Å². The number of hydrogen-bond donors (Lipinski definition) is 3. The Labute approximate surface area is 181 Å². The predicted octanol–water partition coefficient (Wildman–Crippen LogP) is 2.02. The molecule has 1 atom stereocenters. The summed E-state index contributed by atoms with van der Waals surface area (Å²) >= 11 is 0. The molecule has 0 radical (unpaired) electrons. The summed E-state index contributed by atoms with van der Waals surface area (Å²) in [5.74, 6) is 5.06. The summed E-state index contributed by atoms with van der Waals surface area (Å²) in [4.78, 5) is 31.1. The van der Waals surface area contributed by atoms with Crippen LogP contribution in [0.5, 0.6) is 0 Å². The summed E-state index contributed by atoms with van der Waals surface area (Å²) in [7, 11) is 3.32. The monoisotopic (exact) mass is 430 g/mol. The summed E-state index contributed by atoms with van der Waals surface area (Å²) in [6.07, 6.45) is 4.69. The fourth-order valence-electron chi connectivity index (χ4n) is 4.14. The molecule has 31 heavy (non-hydrogen) atoms. The Balaban J connectivity index is 1.81. The minimum Gasteiger partial charge on any atom is -0.403 e. The van der Waals surface area contributed by atoms with Crippen LogP contribution in [0, 0.1) is 12.7 Å². The molecule has 0 aliphatic carbocycles. The van der Waals surface area contributed by atoms with E-state index in [1.807, 2.05) is 13.0 Å². The van der Waals surface area contributed by atoms with E-state index in [1.165, 1.54) is 22.3 Å². The molecule has 1 aliphatic heterocycles. The quantitative estimate of drug-likeness (QED) is 0.480. The van der Waals surface area contributed by atoms with Crippen LogP contribution in [0.1, 0.15) is 46.8 Å². The highest BCUT2D eigenvalue weighted by Crippen LogP contribution is 2.34. The van der Waals surface area contributed by atoms with E-state index in [9.17, 15) is 9.59 Å². The number of carbonyl (C=O) groups excluding carboxylic acids is 2. The number of halogens is 1. The minimum absolute atomic E-state index is 0.0116. The second kappa shape index (κ2) is 9.38. The van der Waals surface area contributed by atoms with Crippen molar-refractivity contribution in [2.75, 3.05) is 33.7 Å². The van der Waals surface area contributed by atoms with Crippen molar-refractivity contribution in [1.29, 1.82) is 0 Å². The van der Waals surface area contributed by atoms with Gasteiger partial charge in [-0.3, -0.25) is 9.59 Å². The third-order valence-electron chi connectivity index (χ3n) is 5.80.